The number of amides is 2. The van der Waals surface area contributed by atoms with Crippen LogP contribution in [0, 0.1) is 6.92 Å². The number of nitrogens with one attached hydrogen (secondary N) is 1. The Labute approximate surface area is 183 Å². The fourth-order valence-corrected chi connectivity index (χ4v) is 3.81. The van der Waals surface area contributed by atoms with Crippen LogP contribution in [0.1, 0.15) is 28.4 Å². The Bertz CT molecular complexity index is 914. The van der Waals surface area contributed by atoms with Crippen LogP contribution in [0.3, 0.4) is 0 Å². The molecular weight excluding hydrogens is 394 g/mol. The van der Waals surface area contributed by atoms with Crippen LogP contribution < -0.4 is 14.8 Å². The molecule has 0 aliphatic carbocycles. The molecule has 1 N–H and O–H groups in total. The van der Waals surface area contributed by atoms with Crippen LogP contribution >= 0.6 is 0 Å². The van der Waals surface area contributed by atoms with Crippen LogP contribution in [0.25, 0.3) is 0 Å². The first kappa shape index (κ1) is 22.6. The largest absolute Gasteiger partial charge is 0.497 e. The van der Waals surface area contributed by atoms with E-state index in [2.05, 4.69) is 17.1 Å². The summed E-state index contributed by atoms with van der Waals surface area (Å²) in [7, 11) is 3.13. The van der Waals surface area contributed by atoms with E-state index in [1.807, 2.05) is 25.1 Å². The Balaban J connectivity index is 1.56. The number of hydrogen-bond acceptors (Lipinski definition) is 5. The second kappa shape index (κ2) is 10.3. The van der Waals surface area contributed by atoms with Gasteiger partial charge in [-0.15, -0.1) is 0 Å². The first-order chi connectivity index (χ1) is 14.9. The molecule has 0 atom stereocenters. The van der Waals surface area contributed by atoms with Crippen molar-refractivity contribution in [3.63, 3.8) is 0 Å². The summed E-state index contributed by atoms with van der Waals surface area (Å²) in [5, 5.41) is 3.07. The summed E-state index contributed by atoms with van der Waals surface area (Å²) in [6.45, 7) is 6.83. The number of rotatable bonds is 7. The number of aryl methyl sites for hydroxylation is 2. The van der Waals surface area contributed by atoms with E-state index in [9.17, 15) is 9.59 Å². The predicted octanol–water partition coefficient (Wildman–Crippen LogP) is 2.97. The van der Waals surface area contributed by atoms with Crippen LogP contribution in [0.5, 0.6) is 11.5 Å². The lowest BCUT2D eigenvalue weighted by Gasteiger charge is -2.34. The first-order valence-corrected chi connectivity index (χ1v) is 10.6. The zero-order valence-corrected chi connectivity index (χ0v) is 18.7. The van der Waals surface area contributed by atoms with Gasteiger partial charge in [-0.3, -0.25) is 14.5 Å². The smallest absolute Gasteiger partial charge is 0.254 e. The number of carbonyl (C=O) groups is 2. The lowest BCUT2D eigenvalue weighted by atomic mass is 10.1. The molecule has 1 aliphatic heterocycles. The van der Waals surface area contributed by atoms with E-state index >= 15 is 0 Å². The van der Waals surface area contributed by atoms with Gasteiger partial charge in [0.15, 0.2) is 0 Å². The molecule has 0 aromatic heterocycles. The summed E-state index contributed by atoms with van der Waals surface area (Å²) in [6.07, 6.45) is 0.868. The highest BCUT2D eigenvalue weighted by atomic mass is 16.5. The summed E-state index contributed by atoms with van der Waals surface area (Å²) in [6, 6.07) is 11.2. The molecule has 1 fully saturated rings. The number of para-hydroxylation sites is 1. The van der Waals surface area contributed by atoms with E-state index in [-0.39, 0.29) is 11.8 Å². The minimum Gasteiger partial charge on any atom is -0.497 e. The average Bonchev–Trinajstić information content (AvgIpc) is 2.80. The number of nitrogens with zero attached hydrogens (tertiary/aromatic N) is 2. The predicted molar refractivity (Wildman–Crippen MR) is 121 cm³/mol. The van der Waals surface area contributed by atoms with Crippen LogP contribution in [0.15, 0.2) is 36.4 Å². The Morgan fingerprint density at radius 3 is 2.23 bits per heavy atom. The number of benzene rings is 2. The zero-order valence-electron chi connectivity index (χ0n) is 18.7. The Morgan fingerprint density at radius 2 is 1.65 bits per heavy atom. The first-order valence-electron chi connectivity index (χ1n) is 10.6. The fourth-order valence-electron chi connectivity index (χ4n) is 3.81. The standard InChI is InChI=1S/C24H31N3O4/c1-5-18-8-6-7-17(2)23(18)25-22(28)16-26-9-11-27(12-10-26)24(29)19-13-20(30-3)15-21(14-19)31-4/h6-8,13-15H,5,9-12,16H2,1-4H3,(H,25,28). The van der Waals surface area contributed by atoms with E-state index < -0.39 is 0 Å². The molecule has 0 radical (unpaired) electrons. The van der Waals surface area contributed by atoms with Gasteiger partial charge in [0.05, 0.1) is 20.8 Å². The zero-order chi connectivity index (χ0) is 22.4. The number of piperazine rings is 1. The molecule has 1 heterocycles. The summed E-state index contributed by atoms with van der Waals surface area (Å²) in [5.41, 5.74) is 3.65. The molecule has 2 amide bonds. The van der Waals surface area contributed by atoms with Crippen molar-refractivity contribution < 1.29 is 19.1 Å². The third-order valence-electron chi connectivity index (χ3n) is 5.63. The molecule has 166 valence electrons. The lowest BCUT2D eigenvalue weighted by Crippen LogP contribution is -2.50. The van der Waals surface area contributed by atoms with Crippen molar-refractivity contribution in [2.75, 3.05) is 52.3 Å². The quantitative estimate of drug-likeness (QED) is 0.739. The van der Waals surface area contributed by atoms with Crippen molar-refractivity contribution in [1.29, 1.82) is 0 Å². The maximum atomic E-state index is 12.9. The second-order valence-corrected chi connectivity index (χ2v) is 7.68. The molecule has 7 nitrogen and oxygen atoms in total. The minimum atomic E-state index is -0.0613. The molecule has 1 aliphatic rings. The summed E-state index contributed by atoms with van der Waals surface area (Å²) in [4.78, 5) is 29.4. The van der Waals surface area contributed by atoms with E-state index in [1.165, 1.54) is 0 Å². The molecule has 7 heteroatoms. The van der Waals surface area contributed by atoms with Gasteiger partial charge in [0.2, 0.25) is 5.91 Å². The fraction of sp³-hybridized carbons (Fsp3) is 0.417. The molecule has 3 rings (SSSR count). The van der Waals surface area contributed by atoms with Gasteiger partial charge in [-0.05, 0) is 36.6 Å². The monoisotopic (exact) mass is 425 g/mol. The average molecular weight is 426 g/mol. The van der Waals surface area contributed by atoms with Crippen LogP contribution in [0.2, 0.25) is 0 Å². The van der Waals surface area contributed by atoms with Gasteiger partial charge in [-0.2, -0.15) is 0 Å². The Morgan fingerprint density at radius 1 is 1.00 bits per heavy atom. The lowest BCUT2D eigenvalue weighted by molar-refractivity contribution is -0.117. The molecular formula is C24H31N3O4. The van der Waals surface area contributed by atoms with Crippen molar-refractivity contribution >= 4 is 17.5 Å². The normalized spacial score (nSPS) is 14.3. The summed E-state index contributed by atoms with van der Waals surface area (Å²) >= 11 is 0. The topological polar surface area (TPSA) is 71.1 Å². The maximum absolute atomic E-state index is 12.9. The van der Waals surface area contributed by atoms with Crippen LogP contribution in [-0.4, -0.2) is 68.6 Å². The van der Waals surface area contributed by atoms with Gasteiger partial charge in [0.1, 0.15) is 11.5 Å². The summed E-state index contributed by atoms with van der Waals surface area (Å²) in [5.74, 6) is 1.08. The number of methoxy groups -OCH3 is 2. The molecule has 0 bridgehead atoms. The van der Waals surface area contributed by atoms with E-state index in [0.717, 1.165) is 23.2 Å². The number of ether oxygens (including phenoxy) is 2. The molecule has 0 unspecified atom stereocenters. The number of hydrogen-bond donors (Lipinski definition) is 1. The van der Waals surface area contributed by atoms with Gasteiger partial charge in [-0.1, -0.05) is 25.1 Å². The van der Waals surface area contributed by atoms with Crippen LogP contribution in [0.4, 0.5) is 5.69 Å². The van der Waals surface area contributed by atoms with E-state index in [4.69, 9.17) is 9.47 Å². The maximum Gasteiger partial charge on any atom is 0.254 e. The van der Waals surface area contributed by atoms with Crippen molar-refractivity contribution in [2.45, 2.75) is 20.3 Å². The van der Waals surface area contributed by atoms with Gasteiger partial charge in [0, 0.05) is 43.5 Å². The van der Waals surface area contributed by atoms with Gasteiger partial charge >= 0.3 is 0 Å². The van der Waals surface area contributed by atoms with Crippen LogP contribution in [-0.2, 0) is 11.2 Å². The summed E-state index contributed by atoms with van der Waals surface area (Å²) < 4.78 is 10.5. The third kappa shape index (κ3) is 5.55. The van der Waals surface area contributed by atoms with E-state index in [0.29, 0.717) is 49.8 Å². The van der Waals surface area contributed by atoms with Crippen molar-refractivity contribution in [3.8, 4) is 11.5 Å². The molecule has 1 saturated heterocycles. The highest BCUT2D eigenvalue weighted by Gasteiger charge is 2.24. The van der Waals surface area contributed by atoms with Crippen molar-refractivity contribution in [1.82, 2.24) is 9.80 Å². The van der Waals surface area contributed by atoms with E-state index in [1.54, 1.807) is 37.3 Å². The van der Waals surface area contributed by atoms with Crippen molar-refractivity contribution in [3.05, 3.63) is 53.1 Å². The van der Waals surface area contributed by atoms with Gasteiger partial charge < -0.3 is 19.7 Å². The Kier molecular flexibility index (Phi) is 7.52. The van der Waals surface area contributed by atoms with Gasteiger partial charge in [0.25, 0.3) is 5.91 Å². The molecule has 2 aromatic rings. The number of anilines is 1. The minimum absolute atomic E-state index is 0.0266. The molecule has 0 spiro atoms. The Hall–Kier alpha value is -3.06. The van der Waals surface area contributed by atoms with Gasteiger partial charge in [-0.25, -0.2) is 0 Å². The number of carbonyl (C=O) groups excluding carboxylic acids is 2. The molecule has 2 aromatic carbocycles. The third-order valence-corrected chi connectivity index (χ3v) is 5.63. The highest BCUT2D eigenvalue weighted by Crippen LogP contribution is 2.24. The molecule has 0 saturated carbocycles. The van der Waals surface area contributed by atoms with Crippen molar-refractivity contribution in [2.24, 2.45) is 0 Å². The second-order valence-electron chi connectivity index (χ2n) is 7.68. The highest BCUT2D eigenvalue weighted by molar-refractivity contribution is 5.95. The SMILES string of the molecule is CCc1cccc(C)c1NC(=O)CN1CCN(C(=O)c2cc(OC)cc(OC)c2)CC1. The molecule has 31 heavy (non-hydrogen) atoms.